The summed E-state index contributed by atoms with van der Waals surface area (Å²) in [6.45, 7) is 2.56. The number of anilines is 1. The molecule has 1 aliphatic heterocycles. The van der Waals surface area contributed by atoms with E-state index in [0.29, 0.717) is 6.54 Å². The number of carbonyl (C=O) groups is 1. The summed E-state index contributed by atoms with van der Waals surface area (Å²) in [5, 5.41) is 0.729. The van der Waals surface area contributed by atoms with Crippen molar-refractivity contribution in [2.24, 2.45) is 11.7 Å². The monoisotopic (exact) mass is 350 g/mol. The molecule has 0 aromatic heterocycles. The molecule has 122 valence electrons. The normalized spacial score (nSPS) is 15.5. The Morgan fingerprint density at radius 2 is 1.87 bits per heavy atom. The zero-order valence-electron chi connectivity index (χ0n) is 12.9. The fourth-order valence-corrected chi connectivity index (χ4v) is 3.25. The van der Waals surface area contributed by atoms with Gasteiger partial charge in [-0.3, -0.25) is 4.79 Å². The third-order valence-electron chi connectivity index (χ3n) is 4.35. The lowest BCUT2D eigenvalue weighted by molar-refractivity contribution is -0.122. The number of nitrogens with two attached hydrogens (primary N) is 1. The van der Waals surface area contributed by atoms with Gasteiger partial charge in [-0.2, -0.15) is 0 Å². The molecule has 2 aromatic carbocycles. The molecule has 0 radical (unpaired) electrons. The molecule has 3 nitrogen and oxygen atoms in total. The summed E-state index contributed by atoms with van der Waals surface area (Å²) >= 11 is 6.21. The second kappa shape index (κ2) is 7.35. The van der Waals surface area contributed by atoms with Gasteiger partial charge in [-0.25, -0.2) is 0 Å². The summed E-state index contributed by atoms with van der Waals surface area (Å²) in [5.74, 6) is -0.232. The van der Waals surface area contributed by atoms with Crippen LogP contribution >= 0.6 is 24.0 Å². The number of hydrogen-bond donors (Lipinski definition) is 1. The van der Waals surface area contributed by atoms with Crippen molar-refractivity contribution < 1.29 is 4.79 Å². The van der Waals surface area contributed by atoms with E-state index >= 15 is 0 Å². The molecule has 3 rings (SSSR count). The molecule has 0 saturated heterocycles. The van der Waals surface area contributed by atoms with Crippen molar-refractivity contribution in [3.05, 3.63) is 64.7 Å². The summed E-state index contributed by atoms with van der Waals surface area (Å²) in [5.41, 5.74) is 9.24. The number of carbonyl (C=O) groups excluding carboxylic acids is 1. The van der Waals surface area contributed by atoms with Crippen molar-refractivity contribution in [3.63, 3.8) is 0 Å². The van der Waals surface area contributed by atoms with E-state index in [1.54, 1.807) is 0 Å². The van der Waals surface area contributed by atoms with Crippen LogP contribution in [0.3, 0.4) is 0 Å². The van der Waals surface area contributed by atoms with Crippen LogP contribution in [-0.4, -0.2) is 12.5 Å². The van der Waals surface area contributed by atoms with Crippen LogP contribution in [0, 0.1) is 5.92 Å². The Hall–Kier alpha value is -1.55. The number of amides is 1. The average molecular weight is 351 g/mol. The predicted octanol–water partition coefficient (Wildman–Crippen LogP) is 3.99. The van der Waals surface area contributed by atoms with Crippen LogP contribution in [0.4, 0.5) is 5.69 Å². The van der Waals surface area contributed by atoms with Gasteiger partial charge >= 0.3 is 0 Å². The summed E-state index contributed by atoms with van der Waals surface area (Å²) < 4.78 is 0. The lowest BCUT2D eigenvalue weighted by atomic mass is 9.94. The first kappa shape index (κ1) is 17.8. The number of halogens is 2. The largest absolute Gasteiger partial charge is 0.323 e. The molecule has 2 N–H and O–H groups in total. The highest BCUT2D eigenvalue weighted by atomic mass is 35.5. The molecule has 0 saturated carbocycles. The van der Waals surface area contributed by atoms with Crippen LogP contribution in [0.1, 0.15) is 24.1 Å². The van der Waals surface area contributed by atoms with Gasteiger partial charge in [0.25, 0.3) is 0 Å². The van der Waals surface area contributed by atoms with Crippen molar-refractivity contribution in [2.45, 2.75) is 19.4 Å². The molecule has 0 fully saturated rings. The van der Waals surface area contributed by atoms with Crippen molar-refractivity contribution in [1.82, 2.24) is 0 Å². The van der Waals surface area contributed by atoms with Gasteiger partial charge in [-0.15, -0.1) is 12.4 Å². The standard InChI is InChI=1S/C18H19ClN2O.ClH/c1-12(17(20)13-6-3-2-4-7-13)18(22)21-11-10-14-15(19)8-5-9-16(14)21;/h2-9,12,17H,10-11,20H2,1H3;1H. The SMILES string of the molecule is CC(C(=O)N1CCc2c(Cl)cccc21)C(N)c1ccccc1.Cl. The third-order valence-corrected chi connectivity index (χ3v) is 4.70. The smallest absolute Gasteiger partial charge is 0.231 e. The number of hydrogen-bond acceptors (Lipinski definition) is 2. The van der Waals surface area contributed by atoms with E-state index in [0.717, 1.165) is 28.3 Å². The highest BCUT2D eigenvalue weighted by molar-refractivity contribution is 6.32. The molecular weight excluding hydrogens is 331 g/mol. The Labute approximate surface area is 147 Å². The fourth-order valence-electron chi connectivity index (χ4n) is 2.98. The van der Waals surface area contributed by atoms with Crippen molar-refractivity contribution in [2.75, 3.05) is 11.4 Å². The minimum atomic E-state index is -0.308. The zero-order chi connectivity index (χ0) is 15.7. The topological polar surface area (TPSA) is 46.3 Å². The van der Waals surface area contributed by atoms with Gasteiger partial charge in [0.2, 0.25) is 5.91 Å². The van der Waals surface area contributed by atoms with Crippen molar-refractivity contribution in [1.29, 1.82) is 0 Å². The maximum absolute atomic E-state index is 12.8. The fraction of sp³-hybridized carbons (Fsp3) is 0.278. The first-order chi connectivity index (χ1) is 10.6. The van der Waals surface area contributed by atoms with E-state index in [4.69, 9.17) is 17.3 Å². The van der Waals surface area contributed by atoms with Crippen LogP contribution in [0.2, 0.25) is 5.02 Å². The molecule has 0 aliphatic carbocycles. The Balaban J connectivity index is 0.00000192. The number of fused-ring (bicyclic) bond motifs is 1. The van der Waals surface area contributed by atoms with Gasteiger partial charge in [0.05, 0.1) is 5.92 Å². The van der Waals surface area contributed by atoms with Gasteiger partial charge < -0.3 is 10.6 Å². The molecule has 1 aliphatic rings. The highest BCUT2D eigenvalue weighted by Crippen LogP contribution is 2.35. The molecule has 1 amide bonds. The quantitative estimate of drug-likeness (QED) is 0.909. The molecule has 2 unspecified atom stereocenters. The molecule has 23 heavy (non-hydrogen) atoms. The molecule has 5 heteroatoms. The molecule has 0 spiro atoms. The molecule has 2 aromatic rings. The van der Waals surface area contributed by atoms with Crippen LogP contribution in [-0.2, 0) is 11.2 Å². The van der Waals surface area contributed by atoms with Gasteiger partial charge in [0.1, 0.15) is 0 Å². The van der Waals surface area contributed by atoms with Crippen LogP contribution in [0.25, 0.3) is 0 Å². The van der Waals surface area contributed by atoms with Crippen LogP contribution < -0.4 is 10.6 Å². The Morgan fingerprint density at radius 3 is 2.57 bits per heavy atom. The van der Waals surface area contributed by atoms with Gasteiger partial charge in [-0.05, 0) is 29.7 Å². The zero-order valence-corrected chi connectivity index (χ0v) is 14.5. The maximum Gasteiger partial charge on any atom is 0.231 e. The second-order valence-corrected chi connectivity index (χ2v) is 6.11. The van der Waals surface area contributed by atoms with Crippen molar-refractivity contribution >= 4 is 35.6 Å². The number of benzene rings is 2. The van der Waals surface area contributed by atoms with Crippen LogP contribution in [0.15, 0.2) is 48.5 Å². The Bertz CT molecular complexity index is 691. The minimum Gasteiger partial charge on any atom is -0.323 e. The molecule has 0 bridgehead atoms. The second-order valence-electron chi connectivity index (χ2n) is 5.70. The lowest BCUT2D eigenvalue weighted by Crippen LogP contribution is -2.38. The Kier molecular flexibility index (Phi) is 5.69. The van der Waals surface area contributed by atoms with Crippen molar-refractivity contribution in [3.8, 4) is 0 Å². The molecule has 2 atom stereocenters. The minimum absolute atomic E-state index is 0. The maximum atomic E-state index is 12.8. The number of rotatable bonds is 3. The summed E-state index contributed by atoms with van der Waals surface area (Å²) in [6.07, 6.45) is 0.800. The van der Waals surface area contributed by atoms with Gasteiger partial charge in [0.15, 0.2) is 0 Å². The lowest BCUT2D eigenvalue weighted by Gasteiger charge is -2.25. The Morgan fingerprint density at radius 1 is 1.17 bits per heavy atom. The summed E-state index contributed by atoms with van der Waals surface area (Å²) in [6, 6.07) is 15.1. The summed E-state index contributed by atoms with van der Waals surface area (Å²) in [4.78, 5) is 14.7. The first-order valence-corrected chi connectivity index (χ1v) is 7.86. The average Bonchev–Trinajstić information content (AvgIpc) is 2.99. The van der Waals surface area contributed by atoms with Gasteiger partial charge in [-0.1, -0.05) is 54.9 Å². The third kappa shape index (κ3) is 3.37. The molecular formula is C18H20Cl2N2O. The first-order valence-electron chi connectivity index (χ1n) is 7.49. The summed E-state index contributed by atoms with van der Waals surface area (Å²) in [7, 11) is 0. The van der Waals surface area contributed by atoms with E-state index in [9.17, 15) is 4.79 Å². The predicted molar refractivity (Wildman–Crippen MR) is 97.3 cm³/mol. The van der Waals surface area contributed by atoms with Gasteiger partial charge in [0, 0.05) is 23.3 Å². The van der Waals surface area contributed by atoms with E-state index in [1.165, 1.54) is 0 Å². The van der Waals surface area contributed by atoms with E-state index in [1.807, 2.05) is 60.4 Å². The van der Waals surface area contributed by atoms with Crippen LogP contribution in [0.5, 0.6) is 0 Å². The van der Waals surface area contributed by atoms with E-state index in [-0.39, 0.29) is 30.3 Å². The van der Waals surface area contributed by atoms with E-state index < -0.39 is 0 Å². The molecule has 1 heterocycles. The van der Waals surface area contributed by atoms with E-state index in [2.05, 4.69) is 0 Å². The highest BCUT2D eigenvalue weighted by Gasteiger charge is 2.32. The number of nitrogens with zero attached hydrogens (tertiary/aromatic N) is 1.